The van der Waals surface area contributed by atoms with Crippen molar-refractivity contribution in [3.63, 3.8) is 0 Å². The van der Waals surface area contributed by atoms with Crippen molar-refractivity contribution in [2.45, 2.75) is 6.92 Å². The number of hydrogen-bond acceptors (Lipinski definition) is 5. The number of carbonyl (C=O) groups is 1. The van der Waals surface area contributed by atoms with E-state index in [1.54, 1.807) is 48.5 Å². The third-order valence-electron chi connectivity index (χ3n) is 4.18. The molecule has 1 amide bonds. The molecule has 0 bridgehead atoms. The highest BCUT2D eigenvalue weighted by Crippen LogP contribution is 2.24. The van der Waals surface area contributed by atoms with Gasteiger partial charge in [0.1, 0.15) is 22.7 Å². The Bertz CT molecular complexity index is 1300. The van der Waals surface area contributed by atoms with Crippen LogP contribution in [0.15, 0.2) is 76.1 Å². The number of hydrogen-bond donors (Lipinski definition) is 2. The van der Waals surface area contributed by atoms with Gasteiger partial charge in [-0.25, -0.2) is 9.98 Å². The van der Waals surface area contributed by atoms with Crippen molar-refractivity contribution in [1.29, 1.82) is 0 Å². The number of rotatable bonds is 3. The molecule has 144 valence electrons. The molecule has 2 heterocycles. The zero-order valence-electron chi connectivity index (χ0n) is 15.4. The molecule has 0 aliphatic heterocycles. The van der Waals surface area contributed by atoms with E-state index in [9.17, 15) is 9.90 Å². The number of pyridine rings is 1. The number of nitrogens with zero attached hydrogens (tertiary/aromatic N) is 2. The summed E-state index contributed by atoms with van der Waals surface area (Å²) in [5.74, 6) is 0.0447. The van der Waals surface area contributed by atoms with E-state index >= 15 is 0 Å². The van der Waals surface area contributed by atoms with Gasteiger partial charge in [-0.05, 0) is 49.4 Å². The molecule has 0 radical (unpaired) electrons. The number of nitrogens with one attached hydrogen (secondary N) is 1. The summed E-state index contributed by atoms with van der Waals surface area (Å²) in [4.78, 5) is 21.7. The Morgan fingerprint density at radius 2 is 1.93 bits per heavy atom. The first-order valence-electron chi connectivity index (χ1n) is 8.81. The zero-order valence-corrected chi connectivity index (χ0v) is 16.1. The number of amides is 1. The third-order valence-corrected chi connectivity index (χ3v) is 4.50. The Morgan fingerprint density at radius 3 is 2.72 bits per heavy atom. The number of aromatic hydroxyl groups is 1. The number of benzene rings is 2. The fraction of sp³-hybridized carbons (Fsp3) is 0.0455. The molecule has 0 saturated carbocycles. The van der Waals surface area contributed by atoms with Crippen LogP contribution in [0.4, 0.5) is 11.5 Å². The van der Waals surface area contributed by atoms with Crippen LogP contribution in [0.5, 0.6) is 5.75 Å². The minimum absolute atomic E-state index is 0.0473. The van der Waals surface area contributed by atoms with Crippen molar-refractivity contribution in [3.05, 3.63) is 88.6 Å². The molecule has 0 unspecified atom stereocenters. The number of para-hydroxylation sites is 1. The van der Waals surface area contributed by atoms with Crippen LogP contribution in [0.25, 0.3) is 11.0 Å². The summed E-state index contributed by atoms with van der Waals surface area (Å²) < 4.78 is 5.85. The van der Waals surface area contributed by atoms with Crippen molar-refractivity contribution in [2.24, 2.45) is 4.99 Å². The number of phenols is 1. The van der Waals surface area contributed by atoms with Gasteiger partial charge in [-0.2, -0.15) is 0 Å². The number of fused-ring (bicyclic) bond motifs is 1. The standard InChI is InChI=1S/C22H16ClN3O3/c1-13-5-4-8-20(24-13)26-21(28)16-11-14-9-10-15(27)12-19(14)29-22(16)25-18-7-3-2-6-17(18)23/h2-12,27H,1H3,(H,24,26,28). The minimum atomic E-state index is -0.423. The zero-order chi connectivity index (χ0) is 20.4. The molecule has 0 aliphatic rings. The number of carbonyl (C=O) groups excluding carboxylic acids is 1. The van der Waals surface area contributed by atoms with E-state index in [1.807, 2.05) is 13.0 Å². The van der Waals surface area contributed by atoms with Crippen molar-refractivity contribution >= 4 is 40.0 Å². The molecule has 0 spiro atoms. The van der Waals surface area contributed by atoms with E-state index in [1.165, 1.54) is 12.1 Å². The van der Waals surface area contributed by atoms with Crippen LogP contribution in [-0.4, -0.2) is 16.0 Å². The molecule has 4 aromatic rings. The Hall–Kier alpha value is -3.64. The summed E-state index contributed by atoms with van der Waals surface area (Å²) in [5, 5.41) is 13.6. The van der Waals surface area contributed by atoms with Gasteiger partial charge in [0.2, 0.25) is 5.55 Å². The SMILES string of the molecule is Cc1cccc(NC(=O)c2cc3ccc(O)cc3oc2=Nc2ccccc2Cl)n1. The van der Waals surface area contributed by atoms with Crippen LogP contribution in [0.3, 0.4) is 0 Å². The molecule has 0 fully saturated rings. The lowest BCUT2D eigenvalue weighted by atomic mass is 10.1. The largest absolute Gasteiger partial charge is 0.508 e. The molecule has 4 rings (SSSR count). The summed E-state index contributed by atoms with van der Waals surface area (Å²) >= 11 is 6.21. The van der Waals surface area contributed by atoms with E-state index in [4.69, 9.17) is 16.0 Å². The van der Waals surface area contributed by atoms with Crippen molar-refractivity contribution < 1.29 is 14.3 Å². The monoisotopic (exact) mass is 405 g/mol. The third kappa shape index (κ3) is 4.12. The van der Waals surface area contributed by atoms with Gasteiger partial charge in [-0.3, -0.25) is 4.79 Å². The van der Waals surface area contributed by atoms with Crippen molar-refractivity contribution in [1.82, 2.24) is 4.98 Å². The van der Waals surface area contributed by atoms with Gasteiger partial charge in [0, 0.05) is 17.1 Å². The molecular formula is C22H16ClN3O3. The number of halogens is 1. The second-order valence-electron chi connectivity index (χ2n) is 6.37. The highest BCUT2D eigenvalue weighted by atomic mass is 35.5. The average molecular weight is 406 g/mol. The topological polar surface area (TPSA) is 87.7 Å². The lowest BCUT2D eigenvalue weighted by molar-refractivity contribution is 0.102. The van der Waals surface area contributed by atoms with Crippen LogP contribution in [-0.2, 0) is 0 Å². The summed E-state index contributed by atoms with van der Waals surface area (Å²) in [5.41, 5.74) is 1.91. The Morgan fingerprint density at radius 1 is 1.10 bits per heavy atom. The van der Waals surface area contributed by atoms with Gasteiger partial charge < -0.3 is 14.8 Å². The van der Waals surface area contributed by atoms with Crippen molar-refractivity contribution in [2.75, 3.05) is 5.32 Å². The predicted molar refractivity (Wildman–Crippen MR) is 111 cm³/mol. The number of anilines is 1. The quantitative estimate of drug-likeness (QED) is 0.503. The second-order valence-corrected chi connectivity index (χ2v) is 6.78. The lowest BCUT2D eigenvalue weighted by Gasteiger charge is -2.07. The van der Waals surface area contributed by atoms with Crippen LogP contribution in [0.1, 0.15) is 16.1 Å². The van der Waals surface area contributed by atoms with E-state index in [2.05, 4.69) is 15.3 Å². The number of phenolic OH excluding ortho intramolecular Hbond substituents is 1. The highest BCUT2D eigenvalue weighted by Gasteiger charge is 2.14. The number of aryl methyl sites for hydroxylation is 1. The fourth-order valence-electron chi connectivity index (χ4n) is 2.80. The van der Waals surface area contributed by atoms with Gasteiger partial charge in [-0.15, -0.1) is 0 Å². The highest BCUT2D eigenvalue weighted by molar-refractivity contribution is 6.32. The molecule has 2 aromatic carbocycles. The summed E-state index contributed by atoms with van der Waals surface area (Å²) in [6.07, 6.45) is 0. The van der Waals surface area contributed by atoms with Gasteiger partial charge in [-0.1, -0.05) is 29.8 Å². The Labute approximate surface area is 171 Å². The van der Waals surface area contributed by atoms with Crippen LogP contribution in [0.2, 0.25) is 5.02 Å². The molecule has 2 aromatic heterocycles. The molecule has 6 nitrogen and oxygen atoms in total. The first-order valence-corrected chi connectivity index (χ1v) is 9.18. The van der Waals surface area contributed by atoms with E-state index in [0.717, 1.165) is 5.69 Å². The van der Waals surface area contributed by atoms with E-state index in [0.29, 0.717) is 27.5 Å². The summed E-state index contributed by atoms with van der Waals surface area (Å²) in [7, 11) is 0. The van der Waals surface area contributed by atoms with E-state index in [-0.39, 0.29) is 16.9 Å². The molecular weight excluding hydrogens is 390 g/mol. The van der Waals surface area contributed by atoms with Gasteiger partial charge >= 0.3 is 0 Å². The maximum atomic E-state index is 13.0. The maximum Gasteiger partial charge on any atom is 0.262 e. The molecule has 29 heavy (non-hydrogen) atoms. The van der Waals surface area contributed by atoms with E-state index < -0.39 is 5.91 Å². The smallest absolute Gasteiger partial charge is 0.262 e. The Kier molecular flexibility index (Phi) is 5.01. The summed E-state index contributed by atoms with van der Waals surface area (Å²) in [6.45, 7) is 1.84. The second kappa shape index (κ2) is 7.77. The molecule has 0 aliphatic carbocycles. The maximum absolute atomic E-state index is 13.0. The normalized spacial score (nSPS) is 11.6. The molecule has 0 saturated heterocycles. The van der Waals surface area contributed by atoms with Crippen LogP contribution >= 0.6 is 11.6 Å². The van der Waals surface area contributed by atoms with Gasteiger partial charge in [0.05, 0.1) is 10.7 Å². The summed E-state index contributed by atoms with van der Waals surface area (Å²) in [6, 6.07) is 18.6. The first kappa shape index (κ1) is 18.7. The van der Waals surface area contributed by atoms with Gasteiger partial charge in [0.25, 0.3) is 5.91 Å². The van der Waals surface area contributed by atoms with Crippen LogP contribution < -0.4 is 10.9 Å². The Balaban J connectivity index is 1.88. The molecule has 2 N–H and O–H groups in total. The predicted octanol–water partition coefficient (Wildman–Crippen LogP) is 4.98. The number of aromatic nitrogens is 1. The van der Waals surface area contributed by atoms with Gasteiger partial charge in [0.15, 0.2) is 0 Å². The van der Waals surface area contributed by atoms with Crippen molar-refractivity contribution in [3.8, 4) is 5.75 Å². The lowest BCUT2D eigenvalue weighted by Crippen LogP contribution is -2.22. The molecule has 7 heteroatoms. The fourth-order valence-corrected chi connectivity index (χ4v) is 2.98. The average Bonchev–Trinajstić information content (AvgIpc) is 2.69. The van der Waals surface area contributed by atoms with Crippen LogP contribution in [0, 0.1) is 6.92 Å². The first-order chi connectivity index (χ1) is 14.0. The minimum Gasteiger partial charge on any atom is -0.508 e. The molecule has 0 atom stereocenters.